The molecular formula is C18H18N2O3. The minimum atomic E-state index is -0.347. The topological polar surface area (TPSA) is 69.6 Å². The van der Waals surface area contributed by atoms with Crippen molar-refractivity contribution in [1.82, 2.24) is 4.90 Å². The molecule has 2 aromatic carbocycles. The van der Waals surface area contributed by atoms with Gasteiger partial charge in [-0.15, -0.1) is 0 Å². The van der Waals surface area contributed by atoms with Crippen LogP contribution < -0.4 is 5.32 Å². The zero-order chi connectivity index (χ0) is 16.2. The number of phenolic OH excluding ortho intramolecular Hbond substituents is 1. The van der Waals surface area contributed by atoms with E-state index in [0.29, 0.717) is 18.8 Å². The number of nitrogens with zero attached hydrogens (tertiary/aromatic N) is 1. The smallest absolute Gasteiger partial charge is 0.229 e. The van der Waals surface area contributed by atoms with Gasteiger partial charge in [-0.3, -0.25) is 9.59 Å². The second kappa shape index (κ2) is 6.52. The van der Waals surface area contributed by atoms with Crippen molar-refractivity contribution >= 4 is 17.5 Å². The lowest BCUT2D eigenvalue weighted by atomic mass is 10.1. The highest BCUT2D eigenvalue weighted by atomic mass is 16.3. The normalized spacial score (nSPS) is 17.3. The summed E-state index contributed by atoms with van der Waals surface area (Å²) < 4.78 is 0. The molecule has 23 heavy (non-hydrogen) atoms. The number of likely N-dealkylation sites (tertiary alicyclic amines) is 1. The van der Waals surface area contributed by atoms with Crippen LogP contribution in [0.2, 0.25) is 0 Å². The van der Waals surface area contributed by atoms with Gasteiger partial charge in [0.2, 0.25) is 11.8 Å². The highest BCUT2D eigenvalue weighted by Crippen LogP contribution is 2.22. The van der Waals surface area contributed by atoms with Gasteiger partial charge in [-0.1, -0.05) is 30.3 Å². The lowest BCUT2D eigenvalue weighted by Gasteiger charge is -2.16. The standard InChI is InChI=1S/C18H18N2O3/c21-16-8-6-15(7-9-16)19-18(23)14-10-17(22)20(12-14)11-13-4-2-1-3-5-13/h1-9,14,21H,10-12H2,(H,19,23)/t14-/m1/s1. The molecule has 5 heteroatoms. The zero-order valence-electron chi connectivity index (χ0n) is 12.6. The summed E-state index contributed by atoms with van der Waals surface area (Å²) in [5, 5.41) is 12.0. The summed E-state index contributed by atoms with van der Waals surface area (Å²) in [5.74, 6) is -0.368. The van der Waals surface area contributed by atoms with E-state index in [-0.39, 0.29) is 29.9 Å². The molecule has 0 aliphatic carbocycles. The van der Waals surface area contributed by atoms with E-state index in [2.05, 4.69) is 5.32 Å². The van der Waals surface area contributed by atoms with Crippen LogP contribution in [-0.2, 0) is 16.1 Å². The lowest BCUT2D eigenvalue weighted by Crippen LogP contribution is -2.28. The second-order valence-electron chi connectivity index (χ2n) is 5.70. The van der Waals surface area contributed by atoms with Crippen molar-refractivity contribution in [3.63, 3.8) is 0 Å². The Balaban J connectivity index is 1.60. The molecule has 0 bridgehead atoms. The number of nitrogens with one attached hydrogen (secondary N) is 1. The van der Waals surface area contributed by atoms with E-state index < -0.39 is 0 Å². The maximum atomic E-state index is 12.3. The summed E-state index contributed by atoms with van der Waals surface area (Å²) in [5.41, 5.74) is 1.67. The number of carbonyl (C=O) groups excluding carboxylic acids is 2. The first-order chi connectivity index (χ1) is 11.1. The molecule has 2 amide bonds. The Morgan fingerprint density at radius 2 is 1.83 bits per heavy atom. The van der Waals surface area contributed by atoms with Gasteiger partial charge in [0.05, 0.1) is 5.92 Å². The number of anilines is 1. The van der Waals surface area contributed by atoms with Crippen LogP contribution in [0, 0.1) is 5.92 Å². The maximum Gasteiger partial charge on any atom is 0.229 e. The predicted molar refractivity (Wildman–Crippen MR) is 86.7 cm³/mol. The van der Waals surface area contributed by atoms with Crippen LogP contribution in [0.5, 0.6) is 5.75 Å². The molecule has 118 valence electrons. The van der Waals surface area contributed by atoms with Gasteiger partial charge in [-0.05, 0) is 29.8 Å². The van der Waals surface area contributed by atoms with Gasteiger partial charge in [0.15, 0.2) is 0 Å². The van der Waals surface area contributed by atoms with Gasteiger partial charge in [0, 0.05) is 25.2 Å². The summed E-state index contributed by atoms with van der Waals surface area (Å²) in [6, 6.07) is 16.0. The van der Waals surface area contributed by atoms with E-state index in [9.17, 15) is 14.7 Å². The van der Waals surface area contributed by atoms with Crippen molar-refractivity contribution in [2.75, 3.05) is 11.9 Å². The Bertz CT molecular complexity index is 698. The molecular weight excluding hydrogens is 292 g/mol. The van der Waals surface area contributed by atoms with E-state index in [4.69, 9.17) is 0 Å². The fraction of sp³-hybridized carbons (Fsp3) is 0.222. The quantitative estimate of drug-likeness (QED) is 0.852. The highest BCUT2D eigenvalue weighted by Gasteiger charge is 2.34. The minimum Gasteiger partial charge on any atom is -0.508 e. The molecule has 5 nitrogen and oxygen atoms in total. The first-order valence-electron chi connectivity index (χ1n) is 7.53. The molecule has 1 fully saturated rings. The van der Waals surface area contributed by atoms with Crippen molar-refractivity contribution in [1.29, 1.82) is 0 Å². The fourth-order valence-electron chi connectivity index (χ4n) is 2.69. The van der Waals surface area contributed by atoms with E-state index in [1.165, 1.54) is 12.1 Å². The number of phenols is 1. The monoisotopic (exact) mass is 310 g/mol. The van der Waals surface area contributed by atoms with Crippen LogP contribution in [-0.4, -0.2) is 28.4 Å². The Kier molecular flexibility index (Phi) is 4.28. The summed E-state index contributed by atoms with van der Waals surface area (Å²) in [7, 11) is 0. The van der Waals surface area contributed by atoms with E-state index in [1.54, 1.807) is 17.0 Å². The van der Waals surface area contributed by atoms with Gasteiger partial charge in [-0.2, -0.15) is 0 Å². The highest BCUT2D eigenvalue weighted by molar-refractivity contribution is 5.97. The molecule has 0 aromatic heterocycles. The van der Waals surface area contributed by atoms with Crippen LogP contribution in [0.15, 0.2) is 54.6 Å². The second-order valence-corrected chi connectivity index (χ2v) is 5.70. The predicted octanol–water partition coefficient (Wildman–Crippen LogP) is 2.38. The van der Waals surface area contributed by atoms with Crippen molar-refractivity contribution < 1.29 is 14.7 Å². The number of amides is 2. The molecule has 0 saturated carbocycles. The van der Waals surface area contributed by atoms with Gasteiger partial charge >= 0.3 is 0 Å². The number of hydrogen-bond donors (Lipinski definition) is 2. The van der Waals surface area contributed by atoms with Gasteiger partial charge in [0.1, 0.15) is 5.75 Å². The van der Waals surface area contributed by atoms with Gasteiger partial charge in [0.25, 0.3) is 0 Å². The molecule has 1 aliphatic heterocycles. The number of hydrogen-bond acceptors (Lipinski definition) is 3. The Morgan fingerprint density at radius 3 is 2.52 bits per heavy atom. The number of rotatable bonds is 4. The van der Waals surface area contributed by atoms with Crippen molar-refractivity contribution in [3.05, 3.63) is 60.2 Å². The first-order valence-corrected chi connectivity index (χ1v) is 7.53. The Hall–Kier alpha value is -2.82. The largest absolute Gasteiger partial charge is 0.508 e. The van der Waals surface area contributed by atoms with E-state index >= 15 is 0 Å². The van der Waals surface area contributed by atoms with Crippen LogP contribution in [0.1, 0.15) is 12.0 Å². The zero-order valence-corrected chi connectivity index (χ0v) is 12.6. The van der Waals surface area contributed by atoms with Crippen LogP contribution in [0.3, 0.4) is 0 Å². The third-order valence-electron chi connectivity index (χ3n) is 3.94. The Morgan fingerprint density at radius 1 is 1.13 bits per heavy atom. The molecule has 2 N–H and O–H groups in total. The van der Waals surface area contributed by atoms with Crippen LogP contribution in [0.25, 0.3) is 0 Å². The van der Waals surface area contributed by atoms with Gasteiger partial charge in [-0.25, -0.2) is 0 Å². The van der Waals surface area contributed by atoms with E-state index in [0.717, 1.165) is 5.56 Å². The molecule has 2 aromatic rings. The molecule has 3 rings (SSSR count). The molecule has 1 aliphatic rings. The summed E-state index contributed by atoms with van der Waals surface area (Å²) >= 11 is 0. The van der Waals surface area contributed by atoms with E-state index in [1.807, 2.05) is 30.3 Å². The summed E-state index contributed by atoms with van der Waals surface area (Å²) in [6.07, 6.45) is 0.233. The third kappa shape index (κ3) is 3.69. The molecule has 1 saturated heterocycles. The number of benzene rings is 2. The molecule has 0 unspecified atom stereocenters. The Labute approximate surface area is 134 Å². The van der Waals surface area contributed by atoms with Crippen LogP contribution in [0.4, 0.5) is 5.69 Å². The molecule has 0 spiro atoms. The van der Waals surface area contributed by atoms with Crippen LogP contribution >= 0.6 is 0 Å². The lowest BCUT2D eigenvalue weighted by molar-refractivity contribution is -0.128. The number of carbonyl (C=O) groups is 2. The molecule has 1 atom stereocenters. The van der Waals surface area contributed by atoms with Crippen molar-refractivity contribution in [2.24, 2.45) is 5.92 Å². The number of aromatic hydroxyl groups is 1. The molecule has 0 radical (unpaired) electrons. The maximum absolute atomic E-state index is 12.3. The summed E-state index contributed by atoms with van der Waals surface area (Å²) in [4.78, 5) is 26.1. The fourth-order valence-corrected chi connectivity index (χ4v) is 2.69. The van der Waals surface area contributed by atoms with Gasteiger partial charge < -0.3 is 15.3 Å². The SMILES string of the molecule is O=C(Nc1ccc(O)cc1)[C@@H]1CC(=O)N(Cc2ccccc2)C1. The average molecular weight is 310 g/mol. The summed E-state index contributed by atoms with van der Waals surface area (Å²) in [6.45, 7) is 0.959. The minimum absolute atomic E-state index is 0.000269. The average Bonchev–Trinajstić information content (AvgIpc) is 2.92. The molecule has 1 heterocycles. The van der Waals surface area contributed by atoms with Crippen molar-refractivity contribution in [3.8, 4) is 5.75 Å². The third-order valence-corrected chi connectivity index (χ3v) is 3.94. The first kappa shape index (κ1) is 15.1. The van der Waals surface area contributed by atoms with Crippen molar-refractivity contribution in [2.45, 2.75) is 13.0 Å².